The van der Waals surface area contributed by atoms with Crippen LogP contribution in [0.4, 0.5) is 0 Å². The van der Waals surface area contributed by atoms with Crippen molar-refractivity contribution in [2.45, 2.75) is 0 Å². The lowest BCUT2D eigenvalue weighted by atomic mass is 10.7. The highest BCUT2D eigenvalue weighted by Crippen LogP contribution is 2.03. The molecule has 0 N–H and O–H groups in total. The third-order valence-electron chi connectivity index (χ3n) is 0.770. The molecule has 0 saturated heterocycles. The first kappa shape index (κ1) is 5.76. The van der Waals surface area contributed by atoms with Gasteiger partial charge in [0, 0.05) is 5.75 Å². The Bertz CT molecular complexity index is 81.1. The third kappa shape index (κ3) is 2.07. The summed E-state index contributed by atoms with van der Waals surface area (Å²) in [7, 11) is 0. The molecule has 1 heterocycles. The first-order valence-corrected chi connectivity index (χ1v) is 3.58. The topological polar surface area (TPSA) is 9.23 Å². The van der Waals surface area contributed by atoms with E-state index in [1.54, 1.807) is 18.0 Å². The van der Waals surface area contributed by atoms with Crippen molar-refractivity contribution >= 4 is 11.8 Å². The normalized spacial score (nSPS) is 27.0. The summed E-state index contributed by atoms with van der Waals surface area (Å²) in [6.07, 6.45) is 5.76. The Labute approximate surface area is 53.4 Å². The molecule has 0 aliphatic carbocycles. The van der Waals surface area contributed by atoms with Gasteiger partial charge in [-0.3, -0.25) is 0 Å². The molecule has 44 valence electrons. The summed E-state index contributed by atoms with van der Waals surface area (Å²) in [4.78, 5) is 0. The predicted octanol–water partition coefficient (Wildman–Crippen LogP) is 1.78. The molecule has 2 heteroatoms. The summed E-state index contributed by atoms with van der Waals surface area (Å²) < 4.78 is 4.99. The van der Waals surface area contributed by atoms with E-state index in [4.69, 9.17) is 4.74 Å². The fourth-order valence-corrected chi connectivity index (χ4v) is 0.952. The lowest BCUT2D eigenvalue weighted by Crippen LogP contribution is -1.82. The molecule has 0 fully saturated rings. The quantitative estimate of drug-likeness (QED) is 0.491. The van der Waals surface area contributed by atoms with Gasteiger partial charge in [-0.25, -0.2) is 0 Å². The maximum absolute atomic E-state index is 4.99. The van der Waals surface area contributed by atoms with Crippen molar-refractivity contribution in [2.24, 2.45) is 0 Å². The number of thioether (sulfide) groups is 1. The Morgan fingerprint density at radius 1 is 1.38 bits per heavy atom. The number of hydrogen-bond donors (Lipinski definition) is 0. The summed E-state index contributed by atoms with van der Waals surface area (Å²) in [5.74, 6) is 1.02. The minimum atomic E-state index is 0.712. The Kier molecular flexibility index (Phi) is 2.60. The Morgan fingerprint density at radius 2 is 2.38 bits per heavy atom. The Morgan fingerprint density at radius 3 is 3.38 bits per heavy atom. The Balaban J connectivity index is 2.29. The number of ether oxygens (including phenoxy) is 1. The Hall–Kier alpha value is -0.370. The zero-order chi connectivity index (χ0) is 5.66. The zero-order valence-corrected chi connectivity index (χ0v) is 5.36. The summed E-state index contributed by atoms with van der Waals surface area (Å²) in [6, 6.07) is 0. The minimum absolute atomic E-state index is 0.712. The van der Waals surface area contributed by atoms with Crippen LogP contribution in [0.25, 0.3) is 0 Å². The van der Waals surface area contributed by atoms with Crippen LogP contribution in [-0.4, -0.2) is 12.4 Å². The molecule has 1 aliphatic heterocycles. The smallest absolute Gasteiger partial charge is 0.106 e. The molecule has 0 radical (unpaired) electrons. The molecule has 8 heavy (non-hydrogen) atoms. The van der Waals surface area contributed by atoms with Crippen molar-refractivity contribution in [2.75, 3.05) is 12.4 Å². The largest absolute Gasteiger partial charge is 0.497 e. The van der Waals surface area contributed by atoms with Crippen molar-refractivity contribution in [3.05, 3.63) is 23.8 Å². The van der Waals surface area contributed by atoms with Gasteiger partial charge in [0.15, 0.2) is 0 Å². The molecule has 1 aliphatic rings. The van der Waals surface area contributed by atoms with E-state index in [0.717, 1.165) is 5.75 Å². The molecule has 0 aromatic carbocycles. The summed E-state index contributed by atoms with van der Waals surface area (Å²) in [5.41, 5.74) is 0. The van der Waals surface area contributed by atoms with E-state index in [2.05, 4.69) is 5.41 Å². The van der Waals surface area contributed by atoms with Gasteiger partial charge in [-0.15, -0.1) is 11.8 Å². The van der Waals surface area contributed by atoms with Crippen LogP contribution in [0.3, 0.4) is 0 Å². The second kappa shape index (κ2) is 3.61. The van der Waals surface area contributed by atoms with Crippen LogP contribution in [0.15, 0.2) is 23.8 Å². The van der Waals surface area contributed by atoms with Gasteiger partial charge in [-0.1, -0.05) is 0 Å². The average Bonchev–Trinajstić information content (AvgIpc) is 1.62. The SMILES string of the molecule is C1=C\SC/C=C\OC/1. The van der Waals surface area contributed by atoms with E-state index in [0.29, 0.717) is 6.61 Å². The van der Waals surface area contributed by atoms with Crippen molar-refractivity contribution < 1.29 is 4.74 Å². The van der Waals surface area contributed by atoms with Crippen LogP contribution < -0.4 is 0 Å². The van der Waals surface area contributed by atoms with Gasteiger partial charge >= 0.3 is 0 Å². The van der Waals surface area contributed by atoms with Crippen molar-refractivity contribution in [3.63, 3.8) is 0 Å². The third-order valence-corrected chi connectivity index (χ3v) is 1.54. The molecular formula is C6H8OS. The molecule has 0 aromatic heterocycles. The fraction of sp³-hybridized carbons (Fsp3) is 0.333. The van der Waals surface area contributed by atoms with Gasteiger partial charge in [0.2, 0.25) is 0 Å². The molecule has 0 saturated carbocycles. The first-order chi connectivity index (χ1) is 4.00. The fourth-order valence-electron chi connectivity index (χ4n) is 0.437. The molecule has 0 aromatic rings. The van der Waals surface area contributed by atoms with Crippen molar-refractivity contribution in [1.29, 1.82) is 0 Å². The molecule has 0 amide bonds. The van der Waals surface area contributed by atoms with E-state index in [9.17, 15) is 0 Å². The standard InChI is InChI=1S/C6H8OS/c1-3-7-4-2-6-8-5-1/h1-3,6H,4-5H2/b3-1-,6-2-. The number of rotatable bonds is 0. The van der Waals surface area contributed by atoms with Gasteiger partial charge in [0.05, 0.1) is 6.26 Å². The highest BCUT2D eigenvalue weighted by Gasteiger charge is 1.81. The van der Waals surface area contributed by atoms with Gasteiger partial charge in [0.1, 0.15) is 6.61 Å². The van der Waals surface area contributed by atoms with Gasteiger partial charge in [-0.2, -0.15) is 0 Å². The van der Waals surface area contributed by atoms with Crippen molar-refractivity contribution in [1.82, 2.24) is 0 Å². The van der Waals surface area contributed by atoms with E-state index in [1.165, 1.54) is 0 Å². The molecular weight excluding hydrogens is 120 g/mol. The van der Waals surface area contributed by atoms with E-state index < -0.39 is 0 Å². The highest BCUT2D eigenvalue weighted by atomic mass is 32.2. The van der Waals surface area contributed by atoms with E-state index in [-0.39, 0.29) is 0 Å². The van der Waals surface area contributed by atoms with Gasteiger partial charge in [-0.05, 0) is 17.6 Å². The second-order valence-electron chi connectivity index (χ2n) is 1.41. The predicted molar refractivity (Wildman–Crippen MR) is 36.7 cm³/mol. The summed E-state index contributed by atoms with van der Waals surface area (Å²) in [5, 5.41) is 2.06. The highest BCUT2D eigenvalue weighted by molar-refractivity contribution is 8.02. The average molecular weight is 128 g/mol. The molecule has 1 nitrogen and oxygen atoms in total. The lowest BCUT2D eigenvalue weighted by molar-refractivity contribution is 0.289. The van der Waals surface area contributed by atoms with E-state index in [1.807, 2.05) is 12.2 Å². The summed E-state index contributed by atoms with van der Waals surface area (Å²) >= 11 is 1.78. The van der Waals surface area contributed by atoms with Crippen LogP contribution in [0.1, 0.15) is 0 Å². The lowest BCUT2D eigenvalue weighted by Gasteiger charge is -1.96. The molecule has 0 atom stereocenters. The minimum Gasteiger partial charge on any atom is -0.497 e. The molecule has 0 spiro atoms. The van der Waals surface area contributed by atoms with Crippen LogP contribution >= 0.6 is 11.8 Å². The van der Waals surface area contributed by atoms with Gasteiger partial charge in [0.25, 0.3) is 0 Å². The maximum atomic E-state index is 4.99. The van der Waals surface area contributed by atoms with Crippen LogP contribution in [0, 0.1) is 0 Å². The van der Waals surface area contributed by atoms with Crippen molar-refractivity contribution in [3.8, 4) is 0 Å². The van der Waals surface area contributed by atoms with Gasteiger partial charge < -0.3 is 4.74 Å². The monoisotopic (exact) mass is 128 g/mol. The number of hydrogen-bond acceptors (Lipinski definition) is 2. The maximum Gasteiger partial charge on any atom is 0.106 e. The first-order valence-electron chi connectivity index (χ1n) is 2.53. The van der Waals surface area contributed by atoms with Crippen LogP contribution in [-0.2, 0) is 4.74 Å². The molecule has 0 bridgehead atoms. The second-order valence-corrected chi connectivity index (χ2v) is 2.35. The molecule has 0 unspecified atom stereocenters. The van der Waals surface area contributed by atoms with Crippen LogP contribution in [0.5, 0.6) is 0 Å². The van der Waals surface area contributed by atoms with E-state index >= 15 is 0 Å². The molecule has 1 rings (SSSR count). The van der Waals surface area contributed by atoms with Crippen LogP contribution in [0.2, 0.25) is 0 Å². The zero-order valence-electron chi connectivity index (χ0n) is 4.54. The summed E-state index contributed by atoms with van der Waals surface area (Å²) in [6.45, 7) is 0.712.